The maximum absolute atomic E-state index is 11.2. The first kappa shape index (κ1) is 27.7. The van der Waals surface area contributed by atoms with E-state index in [0.717, 1.165) is 23.1 Å². The van der Waals surface area contributed by atoms with Gasteiger partial charge in [0.15, 0.2) is 0 Å². The van der Waals surface area contributed by atoms with Crippen molar-refractivity contribution in [2.24, 2.45) is 5.92 Å². The van der Waals surface area contributed by atoms with Crippen LogP contribution in [0.15, 0.2) is 79.4 Å². The number of ether oxygens (including phenoxy) is 1. The minimum atomic E-state index is -0.186. The normalized spacial score (nSPS) is 17.1. The molecular weight excluding hydrogens is 466 g/mol. The molecule has 4 rings (SSSR count). The van der Waals surface area contributed by atoms with Gasteiger partial charge in [0.1, 0.15) is 12.4 Å². The fraction of sp³-hybridized carbons (Fsp3) is 0.400. The predicted molar refractivity (Wildman–Crippen MR) is 160 cm³/mol. The van der Waals surface area contributed by atoms with Crippen LogP contribution >= 0.6 is 0 Å². The summed E-state index contributed by atoms with van der Waals surface area (Å²) in [7, 11) is 0. The second kappa shape index (κ2) is 14.0. The van der Waals surface area contributed by atoms with Gasteiger partial charge in [-0.05, 0) is 96.0 Å². The summed E-state index contributed by atoms with van der Waals surface area (Å²) in [6.45, 7) is 8.81. The molecule has 3 aromatic carbocycles. The number of amides is 1. The maximum Gasteiger partial charge on any atom is 0.243 e. The molecule has 3 nitrogen and oxygen atoms in total. The Bertz CT molecular complexity index is 1170. The number of nitrogens with one attached hydrogen (secondary N) is 1. The Kier molecular flexibility index (Phi) is 10.2. The SMILES string of the molecule is C=CC(=O)NCCOc1ccc(-c2ccc(-c3ccc(C4CCC(CCCCC)CC4)cc3)c(C)c2)cc1. The second-order valence-electron chi connectivity index (χ2n) is 10.7. The van der Waals surface area contributed by atoms with E-state index in [4.69, 9.17) is 4.74 Å². The molecule has 0 unspecified atom stereocenters. The molecule has 0 atom stereocenters. The number of aryl methyl sites for hydroxylation is 1. The van der Waals surface area contributed by atoms with Gasteiger partial charge in [-0.1, -0.05) is 93.8 Å². The van der Waals surface area contributed by atoms with Crippen molar-refractivity contribution >= 4 is 5.91 Å². The molecule has 0 radical (unpaired) electrons. The van der Waals surface area contributed by atoms with Gasteiger partial charge in [-0.3, -0.25) is 4.79 Å². The molecule has 3 heteroatoms. The molecular formula is C35H43NO2. The smallest absolute Gasteiger partial charge is 0.243 e. The number of benzene rings is 3. The molecule has 1 aliphatic carbocycles. The number of carbonyl (C=O) groups is 1. The minimum Gasteiger partial charge on any atom is -0.492 e. The summed E-state index contributed by atoms with van der Waals surface area (Å²) in [6, 6.07) is 24.2. The zero-order chi connectivity index (χ0) is 26.7. The number of unbranched alkanes of at least 4 members (excludes halogenated alkanes) is 2. The van der Waals surface area contributed by atoms with Gasteiger partial charge >= 0.3 is 0 Å². The van der Waals surface area contributed by atoms with Crippen LogP contribution in [0.1, 0.15) is 75.3 Å². The largest absolute Gasteiger partial charge is 0.492 e. The molecule has 3 aromatic rings. The third kappa shape index (κ3) is 7.60. The molecule has 0 aromatic heterocycles. The Balaban J connectivity index is 1.32. The highest BCUT2D eigenvalue weighted by molar-refractivity contribution is 5.86. The molecule has 38 heavy (non-hydrogen) atoms. The van der Waals surface area contributed by atoms with E-state index in [1.807, 2.05) is 12.1 Å². The van der Waals surface area contributed by atoms with Gasteiger partial charge in [0.25, 0.3) is 0 Å². The van der Waals surface area contributed by atoms with Gasteiger partial charge in [-0.2, -0.15) is 0 Å². The van der Waals surface area contributed by atoms with Crippen molar-refractivity contribution in [3.63, 3.8) is 0 Å². The molecule has 0 spiro atoms. The summed E-state index contributed by atoms with van der Waals surface area (Å²) in [4.78, 5) is 11.2. The van der Waals surface area contributed by atoms with Crippen molar-refractivity contribution in [2.75, 3.05) is 13.2 Å². The standard InChI is InChI=1S/C35H43NO2/c1-4-6-7-8-27-9-11-28(12-10-27)29-13-15-31(16-14-29)34-22-19-32(25-26(34)3)30-17-20-33(21-18-30)38-24-23-36-35(37)5-2/h5,13-22,25,27-28H,2,4,6-12,23-24H2,1,3H3,(H,36,37). The number of rotatable bonds is 12. The van der Waals surface area contributed by atoms with Crippen LogP contribution in [0, 0.1) is 12.8 Å². The molecule has 0 aliphatic heterocycles. The van der Waals surface area contributed by atoms with E-state index in [0.29, 0.717) is 13.2 Å². The van der Waals surface area contributed by atoms with Crippen LogP contribution in [0.3, 0.4) is 0 Å². The fourth-order valence-electron chi connectivity index (χ4n) is 5.73. The highest BCUT2D eigenvalue weighted by Crippen LogP contribution is 2.38. The Labute approximate surface area is 229 Å². The average Bonchev–Trinajstić information content (AvgIpc) is 2.96. The maximum atomic E-state index is 11.2. The zero-order valence-electron chi connectivity index (χ0n) is 23.2. The van der Waals surface area contributed by atoms with Gasteiger partial charge in [-0.25, -0.2) is 0 Å². The van der Waals surface area contributed by atoms with Crippen LogP contribution in [-0.4, -0.2) is 19.1 Å². The number of carbonyl (C=O) groups excluding carboxylic acids is 1. The van der Waals surface area contributed by atoms with Gasteiger partial charge < -0.3 is 10.1 Å². The molecule has 0 bridgehead atoms. The molecule has 1 aliphatic rings. The van der Waals surface area contributed by atoms with Crippen LogP contribution in [0.25, 0.3) is 22.3 Å². The zero-order valence-corrected chi connectivity index (χ0v) is 23.2. The lowest BCUT2D eigenvalue weighted by molar-refractivity contribution is -0.116. The average molecular weight is 510 g/mol. The summed E-state index contributed by atoms with van der Waals surface area (Å²) < 4.78 is 5.72. The molecule has 0 saturated heterocycles. The van der Waals surface area contributed by atoms with Crippen LogP contribution in [-0.2, 0) is 4.79 Å². The van der Waals surface area contributed by atoms with E-state index in [2.05, 4.69) is 80.3 Å². The molecule has 0 heterocycles. The van der Waals surface area contributed by atoms with Crippen LogP contribution < -0.4 is 10.1 Å². The lowest BCUT2D eigenvalue weighted by Crippen LogP contribution is -2.26. The Morgan fingerprint density at radius 2 is 1.61 bits per heavy atom. The summed E-state index contributed by atoms with van der Waals surface area (Å²) in [5.74, 6) is 2.29. The first-order valence-corrected chi connectivity index (χ1v) is 14.4. The quantitative estimate of drug-likeness (QED) is 0.196. The van der Waals surface area contributed by atoms with Crippen molar-refractivity contribution in [2.45, 2.75) is 71.1 Å². The van der Waals surface area contributed by atoms with Crippen molar-refractivity contribution in [1.29, 1.82) is 0 Å². The third-order valence-electron chi connectivity index (χ3n) is 8.03. The minimum absolute atomic E-state index is 0.186. The van der Waals surface area contributed by atoms with Crippen LogP contribution in [0.2, 0.25) is 0 Å². The Hall–Kier alpha value is -3.33. The van der Waals surface area contributed by atoms with Crippen molar-refractivity contribution in [1.82, 2.24) is 5.32 Å². The highest BCUT2D eigenvalue weighted by atomic mass is 16.5. The van der Waals surface area contributed by atoms with E-state index in [-0.39, 0.29) is 5.91 Å². The summed E-state index contributed by atoms with van der Waals surface area (Å²) >= 11 is 0. The summed E-state index contributed by atoms with van der Waals surface area (Å²) in [6.07, 6.45) is 12.3. The second-order valence-corrected chi connectivity index (χ2v) is 10.7. The molecule has 200 valence electrons. The van der Waals surface area contributed by atoms with Crippen LogP contribution in [0.4, 0.5) is 0 Å². The fourth-order valence-corrected chi connectivity index (χ4v) is 5.73. The van der Waals surface area contributed by atoms with Crippen molar-refractivity contribution in [3.8, 4) is 28.0 Å². The first-order valence-electron chi connectivity index (χ1n) is 14.4. The predicted octanol–water partition coefficient (Wildman–Crippen LogP) is 8.86. The number of hydrogen-bond acceptors (Lipinski definition) is 2. The van der Waals surface area contributed by atoms with Gasteiger partial charge in [0.2, 0.25) is 5.91 Å². The molecule has 1 amide bonds. The Morgan fingerprint density at radius 1 is 0.921 bits per heavy atom. The Morgan fingerprint density at radius 3 is 2.26 bits per heavy atom. The molecule has 1 N–H and O–H groups in total. The van der Waals surface area contributed by atoms with Crippen LogP contribution in [0.5, 0.6) is 5.75 Å². The summed E-state index contributed by atoms with van der Waals surface area (Å²) in [5, 5.41) is 2.71. The van der Waals surface area contributed by atoms with Gasteiger partial charge in [0, 0.05) is 0 Å². The van der Waals surface area contributed by atoms with Gasteiger partial charge in [0.05, 0.1) is 6.54 Å². The topological polar surface area (TPSA) is 38.3 Å². The lowest BCUT2D eigenvalue weighted by atomic mass is 9.77. The van der Waals surface area contributed by atoms with E-state index >= 15 is 0 Å². The van der Waals surface area contributed by atoms with E-state index < -0.39 is 0 Å². The van der Waals surface area contributed by atoms with E-state index in [1.165, 1.54) is 85.3 Å². The van der Waals surface area contributed by atoms with Crippen molar-refractivity contribution in [3.05, 3.63) is 90.5 Å². The molecule has 1 saturated carbocycles. The lowest BCUT2D eigenvalue weighted by Gasteiger charge is -2.29. The number of hydrogen-bond donors (Lipinski definition) is 1. The highest BCUT2D eigenvalue weighted by Gasteiger charge is 2.22. The van der Waals surface area contributed by atoms with Gasteiger partial charge in [-0.15, -0.1) is 0 Å². The monoisotopic (exact) mass is 509 g/mol. The summed E-state index contributed by atoms with van der Waals surface area (Å²) in [5.41, 5.74) is 7.73. The molecule has 1 fully saturated rings. The van der Waals surface area contributed by atoms with Crippen molar-refractivity contribution < 1.29 is 9.53 Å². The third-order valence-corrected chi connectivity index (χ3v) is 8.03. The van der Waals surface area contributed by atoms with E-state index in [9.17, 15) is 4.79 Å². The first-order chi connectivity index (χ1) is 18.6. The van der Waals surface area contributed by atoms with E-state index in [1.54, 1.807) is 0 Å².